The van der Waals surface area contributed by atoms with Gasteiger partial charge in [0.1, 0.15) is 0 Å². The zero-order chi connectivity index (χ0) is 14.6. The number of hydrogen-bond donors (Lipinski definition) is 2. The minimum absolute atomic E-state index is 0.0423. The molecule has 0 amide bonds. The zero-order valence-corrected chi connectivity index (χ0v) is 13.4. The third kappa shape index (κ3) is 4.13. The number of ether oxygens (including phenoxy) is 1. The summed E-state index contributed by atoms with van der Waals surface area (Å²) in [6, 6.07) is 0.363. The number of aromatic nitrogens is 3. The van der Waals surface area contributed by atoms with Crippen molar-refractivity contribution < 1.29 is 4.74 Å². The van der Waals surface area contributed by atoms with E-state index in [1.54, 1.807) is 0 Å². The Morgan fingerprint density at radius 3 is 2.35 bits per heavy atom. The maximum absolute atomic E-state index is 5.57. The quantitative estimate of drug-likeness (QED) is 0.763. The number of rotatable bonds is 8. The molecular formula is C13H23N5OS. The molecule has 2 rings (SSSR count). The van der Waals surface area contributed by atoms with E-state index in [2.05, 4.69) is 31.8 Å². The summed E-state index contributed by atoms with van der Waals surface area (Å²) in [5.41, 5.74) is 0. The summed E-state index contributed by atoms with van der Waals surface area (Å²) in [5, 5.41) is 6.41. The van der Waals surface area contributed by atoms with Crippen LogP contribution in [0.4, 0.5) is 11.9 Å². The molecule has 0 saturated heterocycles. The first-order valence-corrected chi connectivity index (χ1v) is 8.25. The first-order chi connectivity index (χ1) is 9.57. The van der Waals surface area contributed by atoms with E-state index in [0.717, 1.165) is 13.1 Å². The molecule has 6 nitrogen and oxygen atoms in total. The smallest absolute Gasteiger partial charge is 0.323 e. The summed E-state index contributed by atoms with van der Waals surface area (Å²) in [5.74, 6) is 1.13. The largest absolute Gasteiger partial charge is 0.461 e. The molecule has 20 heavy (non-hydrogen) atoms. The molecule has 1 fully saturated rings. The van der Waals surface area contributed by atoms with Crippen LogP contribution in [0, 0.1) is 0 Å². The molecular weight excluding hydrogens is 274 g/mol. The molecule has 0 bridgehead atoms. The van der Waals surface area contributed by atoms with Crippen LogP contribution in [0.15, 0.2) is 0 Å². The maximum Gasteiger partial charge on any atom is 0.323 e. The Balaban J connectivity index is 2.07. The van der Waals surface area contributed by atoms with Crippen LogP contribution in [0.1, 0.15) is 33.6 Å². The Bertz CT molecular complexity index is 450. The molecule has 0 spiro atoms. The van der Waals surface area contributed by atoms with Gasteiger partial charge in [0, 0.05) is 17.8 Å². The minimum Gasteiger partial charge on any atom is -0.461 e. The highest BCUT2D eigenvalue weighted by Gasteiger charge is 2.41. The highest BCUT2D eigenvalue weighted by atomic mass is 32.2. The fourth-order valence-electron chi connectivity index (χ4n) is 1.77. The van der Waals surface area contributed by atoms with E-state index >= 15 is 0 Å². The summed E-state index contributed by atoms with van der Waals surface area (Å²) >= 11 is 1.91. The summed E-state index contributed by atoms with van der Waals surface area (Å²) in [6.45, 7) is 7.56. The van der Waals surface area contributed by atoms with Crippen LogP contribution in [0.2, 0.25) is 0 Å². The van der Waals surface area contributed by atoms with Crippen LogP contribution >= 0.6 is 11.8 Å². The molecule has 0 aliphatic heterocycles. The van der Waals surface area contributed by atoms with Crippen molar-refractivity contribution in [2.75, 3.05) is 30.0 Å². The van der Waals surface area contributed by atoms with Crippen molar-refractivity contribution in [2.24, 2.45) is 0 Å². The lowest BCUT2D eigenvalue weighted by Gasteiger charge is -2.15. The SMILES string of the molecule is CCNc1nc(NCC2(SC)CC2)nc(OC(C)C)n1. The Morgan fingerprint density at radius 2 is 1.85 bits per heavy atom. The van der Waals surface area contributed by atoms with Crippen LogP contribution in [0.3, 0.4) is 0 Å². The Labute approximate surface area is 124 Å². The van der Waals surface area contributed by atoms with Crippen molar-refractivity contribution in [3.63, 3.8) is 0 Å². The van der Waals surface area contributed by atoms with Gasteiger partial charge in [-0.05, 0) is 39.9 Å². The fraction of sp³-hybridized carbons (Fsp3) is 0.769. The second-order valence-corrected chi connectivity index (χ2v) is 6.48. The van der Waals surface area contributed by atoms with E-state index in [-0.39, 0.29) is 6.10 Å². The first-order valence-electron chi connectivity index (χ1n) is 7.02. The molecule has 1 saturated carbocycles. The lowest BCUT2D eigenvalue weighted by molar-refractivity contribution is 0.222. The van der Waals surface area contributed by atoms with Crippen molar-refractivity contribution in [2.45, 2.75) is 44.5 Å². The van der Waals surface area contributed by atoms with E-state index in [9.17, 15) is 0 Å². The van der Waals surface area contributed by atoms with E-state index in [1.807, 2.05) is 32.5 Å². The number of thioether (sulfide) groups is 1. The number of nitrogens with zero attached hydrogens (tertiary/aromatic N) is 3. The number of nitrogens with one attached hydrogen (secondary N) is 2. The Morgan fingerprint density at radius 1 is 1.20 bits per heavy atom. The highest BCUT2D eigenvalue weighted by Crippen LogP contribution is 2.46. The molecule has 2 N–H and O–H groups in total. The van der Waals surface area contributed by atoms with E-state index in [0.29, 0.717) is 22.7 Å². The van der Waals surface area contributed by atoms with Gasteiger partial charge in [0.05, 0.1) is 6.10 Å². The van der Waals surface area contributed by atoms with Crippen molar-refractivity contribution in [3.05, 3.63) is 0 Å². The van der Waals surface area contributed by atoms with Gasteiger partial charge in [0.25, 0.3) is 0 Å². The van der Waals surface area contributed by atoms with Gasteiger partial charge in [-0.15, -0.1) is 0 Å². The standard InChI is InChI=1S/C13H23N5OS/c1-5-14-10-16-11(15-8-13(20-4)6-7-13)18-12(17-10)19-9(2)3/h9H,5-8H2,1-4H3,(H2,14,15,16,17,18). The molecule has 1 aliphatic rings. The molecule has 0 radical (unpaired) electrons. The Hall–Kier alpha value is -1.24. The molecule has 112 valence electrons. The van der Waals surface area contributed by atoms with Gasteiger partial charge in [-0.1, -0.05) is 0 Å². The van der Waals surface area contributed by atoms with Gasteiger partial charge in [-0.3, -0.25) is 0 Å². The lowest BCUT2D eigenvalue weighted by Crippen LogP contribution is -2.20. The van der Waals surface area contributed by atoms with Crippen molar-refractivity contribution >= 4 is 23.7 Å². The summed E-state index contributed by atoms with van der Waals surface area (Å²) in [6.07, 6.45) is 4.70. The summed E-state index contributed by atoms with van der Waals surface area (Å²) in [7, 11) is 0. The summed E-state index contributed by atoms with van der Waals surface area (Å²) < 4.78 is 5.93. The van der Waals surface area contributed by atoms with Crippen molar-refractivity contribution in [1.29, 1.82) is 0 Å². The van der Waals surface area contributed by atoms with Crippen LogP contribution in [0.5, 0.6) is 6.01 Å². The van der Waals surface area contributed by atoms with E-state index in [1.165, 1.54) is 12.8 Å². The average molecular weight is 297 g/mol. The predicted octanol–water partition coefficient (Wildman–Crippen LogP) is 2.40. The molecule has 1 aromatic rings. The molecule has 1 aromatic heterocycles. The molecule has 1 aliphatic carbocycles. The van der Waals surface area contributed by atoms with Crippen molar-refractivity contribution in [3.8, 4) is 6.01 Å². The van der Waals surface area contributed by atoms with Gasteiger partial charge < -0.3 is 15.4 Å². The van der Waals surface area contributed by atoms with Crippen LogP contribution < -0.4 is 15.4 Å². The Kier molecular flexibility index (Phi) is 4.91. The lowest BCUT2D eigenvalue weighted by atomic mass is 10.4. The molecule has 0 aromatic carbocycles. The van der Waals surface area contributed by atoms with Crippen molar-refractivity contribution in [1.82, 2.24) is 15.0 Å². The minimum atomic E-state index is 0.0423. The van der Waals surface area contributed by atoms with Gasteiger partial charge >= 0.3 is 6.01 Å². The van der Waals surface area contributed by atoms with Crippen LogP contribution in [0.25, 0.3) is 0 Å². The zero-order valence-electron chi connectivity index (χ0n) is 12.6. The predicted molar refractivity (Wildman–Crippen MR) is 83.7 cm³/mol. The molecule has 0 unspecified atom stereocenters. The average Bonchev–Trinajstić information content (AvgIpc) is 3.16. The molecule has 1 heterocycles. The second kappa shape index (κ2) is 6.47. The van der Waals surface area contributed by atoms with E-state index < -0.39 is 0 Å². The van der Waals surface area contributed by atoms with Crippen LogP contribution in [-0.2, 0) is 0 Å². The fourth-order valence-corrected chi connectivity index (χ4v) is 2.50. The van der Waals surface area contributed by atoms with Gasteiger partial charge in [-0.25, -0.2) is 0 Å². The normalized spacial score (nSPS) is 16.1. The number of hydrogen-bond acceptors (Lipinski definition) is 7. The van der Waals surface area contributed by atoms with Gasteiger partial charge in [-0.2, -0.15) is 26.7 Å². The first kappa shape index (κ1) is 15.2. The monoisotopic (exact) mass is 297 g/mol. The topological polar surface area (TPSA) is 72.0 Å². The van der Waals surface area contributed by atoms with Crippen LogP contribution in [-0.4, -0.2) is 45.1 Å². The number of anilines is 2. The third-order valence-corrected chi connectivity index (χ3v) is 4.52. The second-order valence-electron chi connectivity index (χ2n) is 5.20. The highest BCUT2D eigenvalue weighted by molar-refractivity contribution is 8.00. The van der Waals surface area contributed by atoms with Gasteiger partial charge in [0.15, 0.2) is 0 Å². The van der Waals surface area contributed by atoms with E-state index in [4.69, 9.17) is 4.74 Å². The third-order valence-electron chi connectivity index (χ3n) is 3.10. The maximum atomic E-state index is 5.57. The molecule has 7 heteroatoms. The molecule has 0 atom stereocenters. The summed E-state index contributed by atoms with van der Waals surface area (Å²) in [4.78, 5) is 12.9. The van der Waals surface area contributed by atoms with Gasteiger partial charge in [0.2, 0.25) is 11.9 Å².